The lowest BCUT2D eigenvalue weighted by atomic mass is 9.93. The number of hydrogen-bond acceptors (Lipinski definition) is 3. The van der Waals surface area contributed by atoms with Crippen molar-refractivity contribution < 1.29 is 0 Å². The van der Waals surface area contributed by atoms with Gasteiger partial charge in [-0.05, 0) is 46.3 Å². The van der Waals surface area contributed by atoms with Crippen LogP contribution in [0.15, 0.2) is 22.9 Å². The van der Waals surface area contributed by atoms with E-state index in [1.807, 2.05) is 6.20 Å². The minimum absolute atomic E-state index is 0.248. The van der Waals surface area contributed by atoms with Crippen molar-refractivity contribution in [3.63, 3.8) is 0 Å². The normalized spacial score (nSPS) is 19.3. The molecule has 4 heteroatoms. The molecular weight excluding hydrogens is 254 g/mol. The van der Waals surface area contributed by atoms with Crippen molar-refractivity contribution in [2.45, 2.75) is 31.7 Å². The van der Waals surface area contributed by atoms with Gasteiger partial charge in [-0.3, -0.25) is 16.3 Å². The van der Waals surface area contributed by atoms with Crippen LogP contribution in [-0.4, -0.2) is 4.98 Å². The maximum atomic E-state index is 5.64. The Balaban J connectivity index is 2.18. The summed E-state index contributed by atoms with van der Waals surface area (Å²) in [7, 11) is 0. The number of halogens is 1. The second kappa shape index (κ2) is 5.05. The van der Waals surface area contributed by atoms with Crippen molar-refractivity contribution in [1.82, 2.24) is 10.4 Å². The summed E-state index contributed by atoms with van der Waals surface area (Å²) < 4.78 is 1.01. The zero-order valence-electron chi connectivity index (χ0n) is 8.62. The number of nitrogens with two attached hydrogens (primary N) is 1. The van der Waals surface area contributed by atoms with E-state index in [2.05, 4.69) is 32.4 Å². The average molecular weight is 270 g/mol. The summed E-state index contributed by atoms with van der Waals surface area (Å²) in [5, 5.41) is 0. The lowest BCUT2D eigenvalue weighted by Crippen LogP contribution is -2.32. The molecule has 3 nitrogen and oxygen atoms in total. The molecule has 1 unspecified atom stereocenters. The van der Waals surface area contributed by atoms with Crippen molar-refractivity contribution in [2.24, 2.45) is 11.8 Å². The van der Waals surface area contributed by atoms with Gasteiger partial charge in [0, 0.05) is 16.9 Å². The summed E-state index contributed by atoms with van der Waals surface area (Å²) in [5.41, 5.74) is 4.11. The summed E-state index contributed by atoms with van der Waals surface area (Å²) >= 11 is 3.44. The van der Waals surface area contributed by atoms with Gasteiger partial charge in [-0.25, -0.2) is 0 Å². The smallest absolute Gasteiger partial charge is 0.0503 e. The molecule has 0 amide bonds. The molecule has 1 fully saturated rings. The molecule has 1 aromatic rings. The van der Waals surface area contributed by atoms with Crippen LogP contribution in [0.3, 0.4) is 0 Å². The van der Waals surface area contributed by atoms with Gasteiger partial charge in [0.1, 0.15) is 0 Å². The van der Waals surface area contributed by atoms with Gasteiger partial charge in [-0.1, -0.05) is 12.8 Å². The highest BCUT2D eigenvalue weighted by Gasteiger charge is 2.25. The first kappa shape index (κ1) is 11.0. The van der Waals surface area contributed by atoms with E-state index in [4.69, 9.17) is 5.84 Å². The van der Waals surface area contributed by atoms with Gasteiger partial charge in [-0.2, -0.15) is 0 Å². The van der Waals surface area contributed by atoms with Crippen molar-refractivity contribution in [2.75, 3.05) is 0 Å². The van der Waals surface area contributed by atoms with Gasteiger partial charge in [0.05, 0.1) is 6.04 Å². The van der Waals surface area contributed by atoms with E-state index in [0.717, 1.165) is 4.47 Å². The second-order valence-corrected chi connectivity index (χ2v) is 5.04. The molecule has 3 N–H and O–H groups in total. The largest absolute Gasteiger partial charge is 0.271 e. The topological polar surface area (TPSA) is 50.9 Å². The van der Waals surface area contributed by atoms with Gasteiger partial charge in [0.15, 0.2) is 0 Å². The molecule has 1 saturated carbocycles. The molecule has 0 radical (unpaired) electrons. The van der Waals surface area contributed by atoms with E-state index < -0.39 is 0 Å². The summed E-state index contributed by atoms with van der Waals surface area (Å²) in [5.74, 6) is 6.30. The number of nitrogens with one attached hydrogen (secondary N) is 1. The van der Waals surface area contributed by atoms with E-state index in [1.54, 1.807) is 6.20 Å². The first-order chi connectivity index (χ1) is 7.31. The Kier molecular flexibility index (Phi) is 3.72. The molecule has 0 bridgehead atoms. The molecule has 82 valence electrons. The third kappa shape index (κ3) is 2.56. The van der Waals surface area contributed by atoms with Gasteiger partial charge >= 0.3 is 0 Å². The predicted octanol–water partition coefficient (Wildman–Crippen LogP) is 2.54. The van der Waals surface area contributed by atoms with Crippen molar-refractivity contribution in [3.05, 3.63) is 28.5 Å². The molecular formula is C11H16BrN3. The van der Waals surface area contributed by atoms with E-state index >= 15 is 0 Å². The fourth-order valence-electron chi connectivity index (χ4n) is 2.39. The molecule has 1 aliphatic carbocycles. The minimum atomic E-state index is 0.248. The number of nitrogens with zero attached hydrogens (tertiary/aromatic N) is 1. The van der Waals surface area contributed by atoms with Crippen LogP contribution in [0.25, 0.3) is 0 Å². The molecule has 0 aliphatic heterocycles. The SMILES string of the molecule is NNC(c1cncc(Br)c1)C1CCCC1. The number of hydrogen-bond donors (Lipinski definition) is 2. The standard InChI is InChI=1S/C11H16BrN3/c12-10-5-9(6-14-7-10)11(15-13)8-3-1-2-4-8/h5-8,11,15H,1-4,13H2. The fourth-order valence-corrected chi connectivity index (χ4v) is 2.78. The number of hydrazine groups is 1. The monoisotopic (exact) mass is 269 g/mol. The maximum absolute atomic E-state index is 5.64. The minimum Gasteiger partial charge on any atom is -0.271 e. The van der Waals surface area contributed by atoms with Crippen LogP contribution in [0.2, 0.25) is 0 Å². The predicted molar refractivity (Wildman–Crippen MR) is 64.0 cm³/mol. The molecule has 1 aromatic heterocycles. The van der Waals surface area contributed by atoms with Crippen LogP contribution < -0.4 is 11.3 Å². The molecule has 1 aliphatic rings. The van der Waals surface area contributed by atoms with Gasteiger partial charge < -0.3 is 0 Å². The number of rotatable bonds is 3. The van der Waals surface area contributed by atoms with E-state index in [1.165, 1.54) is 31.2 Å². The van der Waals surface area contributed by atoms with Crippen molar-refractivity contribution in [1.29, 1.82) is 0 Å². The van der Waals surface area contributed by atoms with Gasteiger partial charge in [0.25, 0.3) is 0 Å². The third-order valence-electron chi connectivity index (χ3n) is 3.14. The molecule has 0 saturated heterocycles. The molecule has 2 rings (SSSR count). The molecule has 0 aromatic carbocycles. The lowest BCUT2D eigenvalue weighted by molar-refractivity contribution is 0.372. The Morgan fingerprint density at radius 2 is 2.13 bits per heavy atom. The summed E-state index contributed by atoms with van der Waals surface area (Å²) in [6, 6.07) is 2.34. The lowest BCUT2D eigenvalue weighted by Gasteiger charge is -2.22. The van der Waals surface area contributed by atoms with Crippen molar-refractivity contribution >= 4 is 15.9 Å². The van der Waals surface area contributed by atoms with E-state index in [0.29, 0.717) is 5.92 Å². The first-order valence-electron chi connectivity index (χ1n) is 5.38. The fraction of sp³-hybridized carbons (Fsp3) is 0.545. The van der Waals surface area contributed by atoms with Gasteiger partial charge in [-0.15, -0.1) is 0 Å². The Bertz CT molecular complexity index is 323. The van der Waals surface area contributed by atoms with Crippen LogP contribution in [0, 0.1) is 5.92 Å². The third-order valence-corrected chi connectivity index (χ3v) is 3.57. The summed E-state index contributed by atoms with van der Waals surface area (Å²) in [6.45, 7) is 0. The number of pyridine rings is 1. The Labute approximate surface area is 98.6 Å². The Morgan fingerprint density at radius 1 is 1.40 bits per heavy atom. The zero-order chi connectivity index (χ0) is 10.7. The van der Waals surface area contributed by atoms with Crippen LogP contribution in [0.4, 0.5) is 0 Å². The number of aromatic nitrogens is 1. The highest BCUT2D eigenvalue weighted by atomic mass is 79.9. The highest BCUT2D eigenvalue weighted by molar-refractivity contribution is 9.10. The maximum Gasteiger partial charge on any atom is 0.0503 e. The van der Waals surface area contributed by atoms with E-state index in [9.17, 15) is 0 Å². The Morgan fingerprint density at radius 3 is 2.73 bits per heavy atom. The quantitative estimate of drug-likeness (QED) is 0.655. The zero-order valence-corrected chi connectivity index (χ0v) is 10.2. The second-order valence-electron chi connectivity index (χ2n) is 4.13. The molecule has 1 atom stereocenters. The van der Waals surface area contributed by atoms with Crippen LogP contribution in [0.5, 0.6) is 0 Å². The molecule has 15 heavy (non-hydrogen) atoms. The highest BCUT2D eigenvalue weighted by Crippen LogP contribution is 2.35. The summed E-state index contributed by atoms with van der Waals surface area (Å²) in [4.78, 5) is 4.18. The van der Waals surface area contributed by atoms with Gasteiger partial charge in [0.2, 0.25) is 0 Å². The first-order valence-corrected chi connectivity index (χ1v) is 6.17. The Hall–Kier alpha value is -0.450. The van der Waals surface area contributed by atoms with Crippen LogP contribution >= 0.6 is 15.9 Å². The molecule has 0 spiro atoms. The van der Waals surface area contributed by atoms with Crippen molar-refractivity contribution in [3.8, 4) is 0 Å². The van der Waals surface area contributed by atoms with E-state index in [-0.39, 0.29) is 6.04 Å². The molecule has 1 heterocycles. The summed E-state index contributed by atoms with van der Waals surface area (Å²) in [6.07, 6.45) is 8.87. The van der Waals surface area contributed by atoms with Crippen LogP contribution in [-0.2, 0) is 0 Å². The van der Waals surface area contributed by atoms with Crippen LogP contribution in [0.1, 0.15) is 37.3 Å². The average Bonchev–Trinajstić information content (AvgIpc) is 2.72.